The highest BCUT2D eigenvalue weighted by Crippen LogP contribution is 2.14. The van der Waals surface area contributed by atoms with Crippen molar-refractivity contribution in [3.8, 4) is 0 Å². The molecule has 2 atom stereocenters. The van der Waals surface area contributed by atoms with Gasteiger partial charge >= 0.3 is 0 Å². The van der Waals surface area contributed by atoms with Crippen LogP contribution in [-0.4, -0.2) is 42.6 Å². The number of hydrogen-bond donors (Lipinski definition) is 3. The molecule has 0 amide bonds. The summed E-state index contributed by atoms with van der Waals surface area (Å²) in [6, 6.07) is 1.91. The number of aliphatic hydroxyl groups excluding tert-OH is 2. The average molecular weight is 301 g/mol. The molecule has 5 heteroatoms. The fraction of sp³-hybridized carbons (Fsp3) is 0.733. The minimum Gasteiger partial charge on any atom is -0.389 e. The van der Waals surface area contributed by atoms with E-state index in [1.54, 1.807) is 11.3 Å². The maximum atomic E-state index is 9.85. The molecule has 3 N–H and O–H groups in total. The van der Waals surface area contributed by atoms with Crippen molar-refractivity contribution in [2.45, 2.75) is 38.9 Å². The fourth-order valence-corrected chi connectivity index (χ4v) is 2.55. The summed E-state index contributed by atoms with van der Waals surface area (Å²) in [5.74, 6) is 0.698. The third-order valence-electron chi connectivity index (χ3n) is 3.03. The van der Waals surface area contributed by atoms with Gasteiger partial charge in [-0.3, -0.25) is 0 Å². The standard InChI is InChI=1S/C15H27NO3S/c1-12(2)4-3-6-19-10-14(17)8-16-9-15(18)13-5-7-20-11-13/h5,7,11-12,14-18H,3-4,6,8-10H2,1-2H3. The molecule has 0 aromatic carbocycles. The van der Waals surface area contributed by atoms with Crippen molar-refractivity contribution in [2.24, 2.45) is 5.92 Å². The Kier molecular flexibility index (Phi) is 9.05. The lowest BCUT2D eigenvalue weighted by Gasteiger charge is -2.15. The Morgan fingerprint density at radius 2 is 2.10 bits per heavy atom. The van der Waals surface area contributed by atoms with Crippen LogP contribution in [0.25, 0.3) is 0 Å². The van der Waals surface area contributed by atoms with E-state index in [4.69, 9.17) is 4.74 Å². The monoisotopic (exact) mass is 301 g/mol. The minimum atomic E-state index is -0.524. The maximum Gasteiger partial charge on any atom is 0.0922 e. The lowest BCUT2D eigenvalue weighted by molar-refractivity contribution is 0.0331. The fourth-order valence-electron chi connectivity index (χ4n) is 1.84. The zero-order valence-corrected chi connectivity index (χ0v) is 13.2. The Balaban J connectivity index is 1.98. The van der Waals surface area contributed by atoms with Gasteiger partial charge in [0.15, 0.2) is 0 Å². The van der Waals surface area contributed by atoms with E-state index in [-0.39, 0.29) is 0 Å². The van der Waals surface area contributed by atoms with Gasteiger partial charge < -0.3 is 20.3 Å². The van der Waals surface area contributed by atoms with E-state index < -0.39 is 12.2 Å². The van der Waals surface area contributed by atoms with Gasteiger partial charge in [-0.15, -0.1) is 0 Å². The molecule has 1 aromatic rings. The quantitative estimate of drug-likeness (QED) is 0.548. The highest BCUT2D eigenvalue weighted by molar-refractivity contribution is 7.07. The van der Waals surface area contributed by atoms with Crippen LogP contribution in [0.4, 0.5) is 0 Å². The first kappa shape index (κ1) is 17.6. The average Bonchev–Trinajstić information content (AvgIpc) is 2.91. The van der Waals surface area contributed by atoms with Gasteiger partial charge in [0.1, 0.15) is 0 Å². The van der Waals surface area contributed by atoms with Gasteiger partial charge in [0.2, 0.25) is 0 Å². The highest BCUT2D eigenvalue weighted by atomic mass is 32.1. The molecule has 0 radical (unpaired) electrons. The van der Waals surface area contributed by atoms with Crippen molar-refractivity contribution in [1.29, 1.82) is 0 Å². The lowest BCUT2D eigenvalue weighted by Crippen LogP contribution is -2.33. The zero-order valence-electron chi connectivity index (χ0n) is 12.4. The molecule has 1 heterocycles. The van der Waals surface area contributed by atoms with Crippen LogP contribution in [0.15, 0.2) is 16.8 Å². The molecule has 0 spiro atoms. The molecule has 2 unspecified atom stereocenters. The predicted octanol–water partition coefficient (Wildman–Crippen LogP) is 2.18. The van der Waals surface area contributed by atoms with Crippen molar-refractivity contribution in [1.82, 2.24) is 5.32 Å². The van der Waals surface area contributed by atoms with E-state index in [1.807, 2.05) is 16.8 Å². The summed E-state index contributed by atoms with van der Waals surface area (Å²) in [6.07, 6.45) is 1.15. The van der Waals surface area contributed by atoms with Crippen molar-refractivity contribution in [3.63, 3.8) is 0 Å². The largest absolute Gasteiger partial charge is 0.389 e. The maximum absolute atomic E-state index is 9.85. The van der Waals surface area contributed by atoms with Gasteiger partial charge in [-0.05, 0) is 41.1 Å². The van der Waals surface area contributed by atoms with Crippen LogP contribution in [0.1, 0.15) is 38.4 Å². The van der Waals surface area contributed by atoms with E-state index >= 15 is 0 Å². The van der Waals surface area contributed by atoms with Gasteiger partial charge in [0, 0.05) is 19.7 Å². The van der Waals surface area contributed by atoms with Crippen molar-refractivity contribution in [3.05, 3.63) is 22.4 Å². The lowest BCUT2D eigenvalue weighted by atomic mass is 10.1. The third-order valence-corrected chi connectivity index (χ3v) is 3.73. The van der Waals surface area contributed by atoms with E-state index in [0.717, 1.165) is 18.4 Å². The second-order valence-corrected chi connectivity index (χ2v) is 6.28. The molecule has 0 bridgehead atoms. The molecule has 0 fully saturated rings. The Morgan fingerprint density at radius 3 is 2.75 bits per heavy atom. The molecule has 1 rings (SSSR count). The van der Waals surface area contributed by atoms with Crippen LogP contribution in [0.5, 0.6) is 0 Å². The van der Waals surface area contributed by atoms with E-state index in [2.05, 4.69) is 19.2 Å². The van der Waals surface area contributed by atoms with Crippen LogP contribution >= 0.6 is 11.3 Å². The number of nitrogens with one attached hydrogen (secondary N) is 1. The van der Waals surface area contributed by atoms with Gasteiger partial charge in [0.25, 0.3) is 0 Å². The molecule has 4 nitrogen and oxygen atoms in total. The number of hydrogen-bond acceptors (Lipinski definition) is 5. The number of thiophene rings is 1. The summed E-state index contributed by atoms with van der Waals surface area (Å²) in [6.45, 7) is 6.31. The van der Waals surface area contributed by atoms with Crippen LogP contribution in [0, 0.1) is 5.92 Å². The molecule has 0 aliphatic heterocycles. The van der Waals surface area contributed by atoms with Crippen LogP contribution in [0.3, 0.4) is 0 Å². The summed E-state index contributed by atoms with van der Waals surface area (Å²) >= 11 is 1.57. The Morgan fingerprint density at radius 1 is 1.30 bits per heavy atom. The summed E-state index contributed by atoms with van der Waals surface area (Å²) < 4.78 is 5.42. The van der Waals surface area contributed by atoms with E-state index in [9.17, 15) is 10.2 Å². The van der Waals surface area contributed by atoms with Crippen LogP contribution < -0.4 is 5.32 Å². The summed E-state index contributed by atoms with van der Waals surface area (Å²) in [5.41, 5.74) is 0.918. The smallest absolute Gasteiger partial charge is 0.0922 e. The molecule has 0 aliphatic rings. The second-order valence-electron chi connectivity index (χ2n) is 5.50. The molecule has 1 aromatic heterocycles. The molecule has 0 saturated carbocycles. The van der Waals surface area contributed by atoms with Gasteiger partial charge in [0.05, 0.1) is 18.8 Å². The SMILES string of the molecule is CC(C)CCCOCC(O)CNCC(O)c1ccsc1. The van der Waals surface area contributed by atoms with Crippen molar-refractivity contribution >= 4 is 11.3 Å². The van der Waals surface area contributed by atoms with E-state index in [1.165, 1.54) is 0 Å². The van der Waals surface area contributed by atoms with Gasteiger partial charge in [-0.2, -0.15) is 11.3 Å². The van der Waals surface area contributed by atoms with Crippen LogP contribution in [0.2, 0.25) is 0 Å². The summed E-state index contributed by atoms with van der Waals surface area (Å²) in [7, 11) is 0. The third kappa shape index (κ3) is 7.97. The summed E-state index contributed by atoms with van der Waals surface area (Å²) in [5, 5.41) is 26.5. The van der Waals surface area contributed by atoms with Gasteiger partial charge in [-0.1, -0.05) is 13.8 Å². The first-order chi connectivity index (χ1) is 9.59. The first-order valence-electron chi connectivity index (χ1n) is 7.26. The normalized spacial score (nSPS) is 14.7. The molecular formula is C15H27NO3S. The second kappa shape index (κ2) is 10.3. The Bertz CT molecular complexity index is 330. The minimum absolute atomic E-state index is 0.347. The topological polar surface area (TPSA) is 61.7 Å². The molecule has 0 aliphatic carbocycles. The van der Waals surface area contributed by atoms with Gasteiger partial charge in [-0.25, -0.2) is 0 Å². The van der Waals surface area contributed by atoms with Crippen molar-refractivity contribution < 1.29 is 14.9 Å². The summed E-state index contributed by atoms with van der Waals surface area (Å²) in [4.78, 5) is 0. The predicted molar refractivity (Wildman–Crippen MR) is 83.0 cm³/mol. The number of ether oxygens (including phenoxy) is 1. The zero-order chi connectivity index (χ0) is 14.8. The number of aliphatic hydroxyl groups is 2. The molecular weight excluding hydrogens is 274 g/mol. The molecule has 20 heavy (non-hydrogen) atoms. The highest BCUT2D eigenvalue weighted by Gasteiger charge is 2.09. The molecule has 0 saturated heterocycles. The Labute approximate surface area is 125 Å². The van der Waals surface area contributed by atoms with Crippen LogP contribution in [-0.2, 0) is 4.74 Å². The first-order valence-corrected chi connectivity index (χ1v) is 8.20. The Hall–Kier alpha value is -0.460. The van der Waals surface area contributed by atoms with E-state index in [0.29, 0.717) is 32.2 Å². The molecule has 116 valence electrons. The van der Waals surface area contributed by atoms with Crippen molar-refractivity contribution in [2.75, 3.05) is 26.3 Å². The number of rotatable bonds is 11.